The molecular weight excluding hydrogens is 481 g/mol. The highest BCUT2D eigenvalue weighted by atomic mass is 16.5. The van der Waals surface area contributed by atoms with Crippen LogP contribution in [0.2, 0.25) is 0 Å². The maximum Gasteiger partial charge on any atom is 0.330 e. The van der Waals surface area contributed by atoms with Crippen molar-refractivity contribution in [1.82, 2.24) is 15.0 Å². The number of rotatable bonds is 9. The molecule has 0 aliphatic heterocycles. The van der Waals surface area contributed by atoms with Gasteiger partial charge in [-0.15, -0.1) is 0 Å². The van der Waals surface area contributed by atoms with Crippen molar-refractivity contribution in [2.45, 2.75) is 45.3 Å². The number of nitrogens with zero attached hydrogens (tertiary/aromatic N) is 3. The van der Waals surface area contributed by atoms with Gasteiger partial charge in [-0.05, 0) is 63.3 Å². The molecule has 3 aromatic carbocycles. The van der Waals surface area contributed by atoms with E-state index in [1.807, 2.05) is 74.5 Å². The van der Waals surface area contributed by atoms with Crippen molar-refractivity contribution in [2.24, 2.45) is 5.92 Å². The number of allylic oxidation sites excluding steroid dienone is 3. The Morgan fingerprint density at radius 2 is 1.41 bits per heavy atom. The summed E-state index contributed by atoms with van der Waals surface area (Å²) in [6.07, 6.45) is 9.54. The second-order valence-electron chi connectivity index (χ2n) is 10.9. The third kappa shape index (κ3) is 6.41. The molecule has 1 atom stereocenters. The summed E-state index contributed by atoms with van der Waals surface area (Å²) in [5.41, 5.74) is 3.15. The molecule has 6 heteroatoms. The highest BCUT2D eigenvalue weighted by Crippen LogP contribution is 2.27. The molecule has 0 spiro atoms. The van der Waals surface area contributed by atoms with Crippen molar-refractivity contribution in [3.63, 3.8) is 0 Å². The minimum atomic E-state index is -0.985. The Morgan fingerprint density at radius 3 is 2.08 bits per heavy atom. The van der Waals surface area contributed by atoms with Gasteiger partial charge in [0.15, 0.2) is 17.5 Å². The van der Waals surface area contributed by atoms with Gasteiger partial charge in [-0.25, -0.2) is 15.0 Å². The molecule has 0 fully saturated rings. The summed E-state index contributed by atoms with van der Waals surface area (Å²) in [6, 6.07) is 26.4. The second-order valence-corrected chi connectivity index (χ2v) is 10.9. The third-order valence-electron chi connectivity index (χ3n) is 7.27. The maximum atomic E-state index is 10.4. The zero-order chi connectivity index (χ0) is 27.5. The van der Waals surface area contributed by atoms with Crippen molar-refractivity contribution < 1.29 is 9.76 Å². The van der Waals surface area contributed by atoms with Gasteiger partial charge >= 0.3 is 7.48 Å². The lowest BCUT2D eigenvalue weighted by atomic mass is 9.81. The Bertz CT molecular complexity index is 1510. The van der Waals surface area contributed by atoms with E-state index in [-0.39, 0.29) is 0 Å². The minimum Gasteiger partial charge on any atom is -0.427 e. The Hall–Kier alpha value is -3.87. The fourth-order valence-electron chi connectivity index (χ4n) is 3.95. The predicted octanol–water partition coefficient (Wildman–Crippen LogP) is 6.27. The van der Waals surface area contributed by atoms with E-state index in [2.05, 4.69) is 42.5 Å². The SMILES string of the molecule is CC(C)(O)C(C)(C)O[B]c1cccc(-c2cccc(-c3nc(/C=C/[C@H]4C=CC4)nc(-c4ccccc4)n3)c2)c1. The molecule has 5 nitrogen and oxygen atoms in total. The lowest BCUT2D eigenvalue weighted by molar-refractivity contribution is -0.0893. The fourth-order valence-corrected chi connectivity index (χ4v) is 3.95. The van der Waals surface area contributed by atoms with Gasteiger partial charge in [0.2, 0.25) is 0 Å². The fraction of sp³-hybridized carbons (Fsp3) is 0.242. The topological polar surface area (TPSA) is 68.1 Å². The monoisotopic (exact) mass is 514 g/mol. The molecule has 1 radical (unpaired) electrons. The summed E-state index contributed by atoms with van der Waals surface area (Å²) in [5.74, 6) is 2.37. The summed E-state index contributed by atoms with van der Waals surface area (Å²) in [7, 11) is 1.71. The van der Waals surface area contributed by atoms with Crippen LogP contribution in [0, 0.1) is 5.92 Å². The molecule has 4 aromatic rings. The van der Waals surface area contributed by atoms with Gasteiger partial charge in [0.1, 0.15) is 0 Å². The summed E-state index contributed by atoms with van der Waals surface area (Å²) in [4.78, 5) is 14.4. The largest absolute Gasteiger partial charge is 0.427 e. The highest BCUT2D eigenvalue weighted by Gasteiger charge is 2.35. The molecule has 0 saturated heterocycles. The highest BCUT2D eigenvalue weighted by molar-refractivity contribution is 6.47. The molecule has 1 aliphatic carbocycles. The van der Waals surface area contributed by atoms with Crippen LogP contribution in [0.1, 0.15) is 39.9 Å². The van der Waals surface area contributed by atoms with Crippen LogP contribution < -0.4 is 5.46 Å². The van der Waals surface area contributed by atoms with Crippen molar-refractivity contribution >= 4 is 19.0 Å². The Kier molecular flexibility index (Phi) is 7.60. The number of aromatic nitrogens is 3. The molecule has 0 unspecified atom stereocenters. The molecule has 1 N–H and O–H groups in total. The van der Waals surface area contributed by atoms with Crippen molar-refractivity contribution in [3.05, 3.63) is 103 Å². The first kappa shape index (κ1) is 26.7. The average molecular weight is 514 g/mol. The molecular formula is C33H33BN3O2. The van der Waals surface area contributed by atoms with Gasteiger partial charge in [0.25, 0.3) is 0 Å². The van der Waals surface area contributed by atoms with Gasteiger partial charge in [0.05, 0.1) is 11.2 Å². The Balaban J connectivity index is 1.46. The van der Waals surface area contributed by atoms with E-state index in [0.717, 1.165) is 34.1 Å². The molecule has 0 saturated carbocycles. The lowest BCUT2D eigenvalue weighted by Gasteiger charge is -2.37. The number of hydrogen-bond acceptors (Lipinski definition) is 5. The third-order valence-corrected chi connectivity index (χ3v) is 7.27. The van der Waals surface area contributed by atoms with E-state index in [9.17, 15) is 5.11 Å². The van der Waals surface area contributed by atoms with Crippen LogP contribution in [0.3, 0.4) is 0 Å². The van der Waals surface area contributed by atoms with E-state index in [4.69, 9.17) is 19.6 Å². The van der Waals surface area contributed by atoms with Crippen LogP contribution in [0.4, 0.5) is 0 Å². The van der Waals surface area contributed by atoms with Gasteiger partial charge in [0, 0.05) is 11.1 Å². The quantitative estimate of drug-likeness (QED) is 0.211. The predicted molar refractivity (Wildman–Crippen MR) is 159 cm³/mol. The number of benzene rings is 3. The number of aliphatic hydroxyl groups is 1. The van der Waals surface area contributed by atoms with E-state index < -0.39 is 11.2 Å². The Labute approximate surface area is 231 Å². The molecule has 0 bridgehead atoms. The van der Waals surface area contributed by atoms with Gasteiger partial charge in [-0.1, -0.05) is 96.5 Å². The van der Waals surface area contributed by atoms with Gasteiger partial charge < -0.3 is 9.76 Å². The molecule has 1 aliphatic rings. The molecule has 39 heavy (non-hydrogen) atoms. The summed E-state index contributed by atoms with van der Waals surface area (Å²) >= 11 is 0. The van der Waals surface area contributed by atoms with Crippen molar-refractivity contribution in [3.8, 4) is 33.9 Å². The molecule has 1 aromatic heterocycles. The van der Waals surface area contributed by atoms with Crippen LogP contribution >= 0.6 is 0 Å². The molecule has 195 valence electrons. The van der Waals surface area contributed by atoms with E-state index in [1.54, 1.807) is 21.3 Å². The van der Waals surface area contributed by atoms with Crippen LogP contribution in [0.25, 0.3) is 40.0 Å². The zero-order valence-corrected chi connectivity index (χ0v) is 22.9. The van der Waals surface area contributed by atoms with E-state index >= 15 is 0 Å². The summed E-state index contributed by atoms with van der Waals surface area (Å²) in [6.45, 7) is 7.25. The minimum absolute atomic E-state index is 0.441. The normalized spacial score (nSPS) is 15.4. The first-order valence-corrected chi connectivity index (χ1v) is 13.3. The van der Waals surface area contributed by atoms with Crippen LogP contribution in [-0.2, 0) is 4.65 Å². The van der Waals surface area contributed by atoms with E-state index in [1.165, 1.54) is 0 Å². The van der Waals surface area contributed by atoms with Crippen LogP contribution in [0.5, 0.6) is 0 Å². The Morgan fingerprint density at radius 1 is 0.795 bits per heavy atom. The van der Waals surface area contributed by atoms with Crippen LogP contribution in [0.15, 0.2) is 97.1 Å². The summed E-state index contributed by atoms with van der Waals surface area (Å²) in [5, 5.41) is 10.4. The van der Waals surface area contributed by atoms with E-state index in [0.29, 0.717) is 23.4 Å². The van der Waals surface area contributed by atoms with Crippen molar-refractivity contribution in [2.75, 3.05) is 0 Å². The van der Waals surface area contributed by atoms with Crippen LogP contribution in [-0.4, -0.2) is 38.7 Å². The van der Waals surface area contributed by atoms with Crippen molar-refractivity contribution in [1.29, 1.82) is 0 Å². The maximum absolute atomic E-state index is 10.4. The molecule has 5 rings (SSSR count). The average Bonchev–Trinajstić information content (AvgIpc) is 2.91. The first-order valence-electron chi connectivity index (χ1n) is 13.3. The lowest BCUT2D eigenvalue weighted by Crippen LogP contribution is -2.49. The number of hydrogen-bond donors (Lipinski definition) is 1. The smallest absolute Gasteiger partial charge is 0.330 e. The van der Waals surface area contributed by atoms with Gasteiger partial charge in [-0.2, -0.15) is 0 Å². The second kappa shape index (κ2) is 11.1. The standard InChI is InChI=1S/C33H33BN3O2/c1-32(2,38)33(3,4)39-34-28-18-10-16-26(22-28)25-15-9-17-27(21-25)31-36-29(20-19-23-11-8-12-23)35-30(37-31)24-13-6-5-7-14-24/h5-11,13-23,38H,12H2,1-4H3/b20-19+/t23-/m0/s1. The zero-order valence-electron chi connectivity index (χ0n) is 22.9. The van der Waals surface area contributed by atoms with Gasteiger partial charge in [-0.3, -0.25) is 0 Å². The first-order chi connectivity index (χ1) is 18.7. The molecule has 1 heterocycles. The molecule has 0 amide bonds. The summed E-state index contributed by atoms with van der Waals surface area (Å²) < 4.78 is 5.97.